The topological polar surface area (TPSA) is 55.4 Å². The molecule has 0 spiro atoms. The van der Waals surface area contributed by atoms with Crippen LogP contribution in [0.15, 0.2) is 22.7 Å². The maximum atomic E-state index is 11.9. The van der Waals surface area contributed by atoms with Gasteiger partial charge in [-0.05, 0) is 34.5 Å². The van der Waals surface area contributed by atoms with E-state index in [9.17, 15) is 9.59 Å². The number of ether oxygens (including phenoxy) is 1. The number of hydrogen-bond acceptors (Lipinski definition) is 3. The standard InChI is InChI=1S/C12H13Br2NO3/c1-7-4-3-5-8(10(7)14)11(16)15-6-9(13)12(17)18-2/h3-5,9H,6H2,1-2H3,(H,15,16). The molecule has 0 aliphatic heterocycles. The number of nitrogens with one attached hydrogen (secondary N) is 1. The van der Waals surface area contributed by atoms with E-state index >= 15 is 0 Å². The molecule has 0 radical (unpaired) electrons. The zero-order valence-corrected chi connectivity index (χ0v) is 13.2. The first-order chi connectivity index (χ1) is 8.47. The van der Waals surface area contributed by atoms with Crippen LogP contribution in [-0.2, 0) is 9.53 Å². The van der Waals surface area contributed by atoms with Gasteiger partial charge in [0.05, 0.1) is 12.7 Å². The van der Waals surface area contributed by atoms with E-state index < -0.39 is 10.8 Å². The van der Waals surface area contributed by atoms with E-state index in [0.29, 0.717) is 5.56 Å². The highest BCUT2D eigenvalue weighted by atomic mass is 79.9. The van der Waals surface area contributed by atoms with Crippen molar-refractivity contribution >= 4 is 43.7 Å². The van der Waals surface area contributed by atoms with E-state index in [-0.39, 0.29) is 12.5 Å². The van der Waals surface area contributed by atoms with Crippen molar-refractivity contribution in [1.82, 2.24) is 5.32 Å². The van der Waals surface area contributed by atoms with E-state index in [2.05, 4.69) is 41.9 Å². The Balaban J connectivity index is 2.66. The summed E-state index contributed by atoms with van der Waals surface area (Å²) in [4.78, 5) is 22.5. The predicted molar refractivity (Wildman–Crippen MR) is 75.9 cm³/mol. The fourth-order valence-corrected chi connectivity index (χ4v) is 2.10. The smallest absolute Gasteiger partial charge is 0.321 e. The van der Waals surface area contributed by atoms with Gasteiger partial charge in [0.25, 0.3) is 5.91 Å². The van der Waals surface area contributed by atoms with Gasteiger partial charge in [0.2, 0.25) is 0 Å². The molecule has 98 valence electrons. The van der Waals surface area contributed by atoms with Crippen LogP contribution in [0.2, 0.25) is 0 Å². The molecule has 0 fully saturated rings. The summed E-state index contributed by atoms with van der Waals surface area (Å²) in [5.74, 6) is -0.655. The van der Waals surface area contributed by atoms with Gasteiger partial charge in [-0.2, -0.15) is 0 Å². The van der Waals surface area contributed by atoms with Crippen LogP contribution in [0.5, 0.6) is 0 Å². The van der Waals surface area contributed by atoms with Crippen molar-refractivity contribution in [3.8, 4) is 0 Å². The minimum absolute atomic E-state index is 0.173. The fraction of sp³-hybridized carbons (Fsp3) is 0.333. The summed E-state index contributed by atoms with van der Waals surface area (Å²) in [6, 6.07) is 5.43. The van der Waals surface area contributed by atoms with Gasteiger partial charge in [0.1, 0.15) is 4.83 Å². The Morgan fingerprint density at radius 3 is 2.72 bits per heavy atom. The SMILES string of the molecule is COC(=O)C(Br)CNC(=O)c1cccc(C)c1Br. The molecule has 1 amide bonds. The van der Waals surface area contributed by atoms with Crippen molar-refractivity contribution < 1.29 is 14.3 Å². The summed E-state index contributed by atoms with van der Waals surface area (Å²) >= 11 is 6.50. The summed E-state index contributed by atoms with van der Waals surface area (Å²) in [6.07, 6.45) is 0. The zero-order valence-electron chi connectivity index (χ0n) is 10.00. The molecule has 6 heteroatoms. The molecule has 0 aliphatic carbocycles. The van der Waals surface area contributed by atoms with Crippen molar-refractivity contribution in [2.45, 2.75) is 11.8 Å². The molecular weight excluding hydrogens is 366 g/mol. The average molecular weight is 379 g/mol. The molecule has 1 unspecified atom stereocenters. The van der Waals surface area contributed by atoms with E-state index in [1.165, 1.54) is 7.11 Å². The molecule has 18 heavy (non-hydrogen) atoms. The van der Waals surface area contributed by atoms with Gasteiger partial charge in [-0.25, -0.2) is 0 Å². The van der Waals surface area contributed by atoms with Crippen LogP contribution >= 0.6 is 31.9 Å². The summed E-state index contributed by atoms with van der Waals surface area (Å²) in [5, 5.41) is 2.67. The third-order valence-corrected chi connectivity index (χ3v) is 4.09. The minimum atomic E-state index is -0.546. The van der Waals surface area contributed by atoms with Gasteiger partial charge in [0, 0.05) is 11.0 Å². The lowest BCUT2D eigenvalue weighted by molar-refractivity contribution is -0.139. The van der Waals surface area contributed by atoms with Gasteiger partial charge in [0.15, 0.2) is 0 Å². The Labute approximate surface area is 122 Å². The molecule has 1 aromatic rings. The third-order valence-electron chi connectivity index (χ3n) is 2.34. The third kappa shape index (κ3) is 3.81. The van der Waals surface area contributed by atoms with Crippen LogP contribution in [0.4, 0.5) is 0 Å². The number of carbonyl (C=O) groups excluding carboxylic acids is 2. The second-order valence-corrected chi connectivity index (χ2v) is 5.54. The van der Waals surface area contributed by atoms with Crippen LogP contribution in [0.1, 0.15) is 15.9 Å². The predicted octanol–water partition coefficient (Wildman–Crippen LogP) is 2.42. The lowest BCUT2D eigenvalue weighted by Crippen LogP contribution is -2.34. The van der Waals surface area contributed by atoms with E-state index in [1.54, 1.807) is 12.1 Å². The highest BCUT2D eigenvalue weighted by Crippen LogP contribution is 2.20. The second-order valence-electron chi connectivity index (χ2n) is 3.64. The largest absolute Gasteiger partial charge is 0.468 e. The number of methoxy groups -OCH3 is 1. The molecule has 1 atom stereocenters. The van der Waals surface area contributed by atoms with Crippen LogP contribution in [0, 0.1) is 6.92 Å². The molecule has 0 saturated heterocycles. The second kappa shape index (κ2) is 6.89. The Morgan fingerprint density at radius 1 is 1.44 bits per heavy atom. The first kappa shape index (κ1) is 15.2. The number of benzene rings is 1. The van der Waals surface area contributed by atoms with Crippen molar-refractivity contribution in [1.29, 1.82) is 0 Å². The Bertz CT molecular complexity index is 463. The molecular formula is C12H13Br2NO3. The number of esters is 1. The van der Waals surface area contributed by atoms with E-state index in [1.807, 2.05) is 13.0 Å². The average Bonchev–Trinajstić information content (AvgIpc) is 2.37. The molecule has 0 bridgehead atoms. The van der Waals surface area contributed by atoms with Crippen molar-refractivity contribution in [3.63, 3.8) is 0 Å². The Kier molecular flexibility index (Phi) is 5.81. The van der Waals surface area contributed by atoms with Crippen molar-refractivity contribution in [2.75, 3.05) is 13.7 Å². The Morgan fingerprint density at radius 2 is 2.11 bits per heavy atom. The molecule has 0 heterocycles. The van der Waals surface area contributed by atoms with Gasteiger partial charge in [-0.3, -0.25) is 9.59 Å². The fourth-order valence-electron chi connectivity index (χ4n) is 1.31. The number of amides is 1. The number of hydrogen-bond donors (Lipinski definition) is 1. The van der Waals surface area contributed by atoms with Gasteiger partial charge in [-0.1, -0.05) is 28.1 Å². The molecule has 4 nitrogen and oxygen atoms in total. The van der Waals surface area contributed by atoms with Crippen LogP contribution in [0.3, 0.4) is 0 Å². The molecule has 0 saturated carbocycles. The zero-order chi connectivity index (χ0) is 13.7. The highest BCUT2D eigenvalue weighted by Gasteiger charge is 2.17. The number of alkyl halides is 1. The van der Waals surface area contributed by atoms with Gasteiger partial charge in [-0.15, -0.1) is 0 Å². The monoisotopic (exact) mass is 377 g/mol. The first-order valence-electron chi connectivity index (χ1n) is 5.22. The lowest BCUT2D eigenvalue weighted by Gasteiger charge is -2.11. The summed E-state index contributed by atoms with van der Waals surface area (Å²) in [5.41, 5.74) is 1.52. The van der Waals surface area contributed by atoms with E-state index in [0.717, 1.165) is 10.0 Å². The Hall–Kier alpha value is -0.880. The van der Waals surface area contributed by atoms with Crippen LogP contribution in [0.25, 0.3) is 0 Å². The molecule has 1 rings (SSSR count). The number of aryl methyl sites for hydroxylation is 1. The molecule has 0 aliphatic rings. The minimum Gasteiger partial charge on any atom is -0.468 e. The number of rotatable bonds is 4. The van der Waals surface area contributed by atoms with Crippen molar-refractivity contribution in [2.24, 2.45) is 0 Å². The summed E-state index contributed by atoms with van der Waals surface area (Å²) in [6.45, 7) is 2.08. The summed E-state index contributed by atoms with van der Waals surface area (Å²) < 4.78 is 5.30. The maximum Gasteiger partial charge on any atom is 0.321 e. The molecule has 1 aromatic carbocycles. The van der Waals surface area contributed by atoms with Gasteiger partial charge >= 0.3 is 5.97 Å². The first-order valence-corrected chi connectivity index (χ1v) is 6.93. The van der Waals surface area contributed by atoms with E-state index in [4.69, 9.17) is 0 Å². The van der Waals surface area contributed by atoms with Crippen LogP contribution < -0.4 is 5.32 Å². The highest BCUT2D eigenvalue weighted by molar-refractivity contribution is 9.10. The quantitative estimate of drug-likeness (QED) is 0.646. The number of carbonyl (C=O) groups is 2. The summed E-state index contributed by atoms with van der Waals surface area (Å²) in [7, 11) is 1.30. The van der Waals surface area contributed by atoms with Crippen LogP contribution in [-0.4, -0.2) is 30.4 Å². The normalized spacial score (nSPS) is 11.8. The van der Waals surface area contributed by atoms with Gasteiger partial charge < -0.3 is 10.1 Å². The van der Waals surface area contributed by atoms with Crippen molar-refractivity contribution in [3.05, 3.63) is 33.8 Å². The molecule has 1 N–H and O–H groups in total. The maximum absolute atomic E-state index is 11.9. The molecule has 0 aromatic heterocycles. The lowest BCUT2D eigenvalue weighted by atomic mass is 10.1. The number of halogens is 2.